The summed E-state index contributed by atoms with van der Waals surface area (Å²) in [5.74, 6) is 0.797. The van der Waals surface area contributed by atoms with Crippen molar-refractivity contribution >= 4 is 11.7 Å². The summed E-state index contributed by atoms with van der Waals surface area (Å²) in [6.07, 6.45) is 3.16. The molecule has 3 aromatic carbocycles. The fourth-order valence-corrected chi connectivity index (χ4v) is 5.04. The second-order valence-corrected chi connectivity index (χ2v) is 10.4. The van der Waals surface area contributed by atoms with Crippen molar-refractivity contribution in [1.82, 2.24) is 5.32 Å². The predicted octanol–water partition coefficient (Wildman–Crippen LogP) is 7.12. The quantitative estimate of drug-likeness (QED) is 0.281. The molecular weight excluding hydrogens is 442 g/mol. The van der Waals surface area contributed by atoms with Crippen LogP contribution in [-0.4, -0.2) is 18.2 Å². The highest BCUT2D eigenvalue weighted by Gasteiger charge is 2.24. The van der Waals surface area contributed by atoms with E-state index in [2.05, 4.69) is 69.4 Å². The topological polar surface area (TPSA) is 46.2 Å². The molecule has 0 aromatic heterocycles. The van der Waals surface area contributed by atoms with Gasteiger partial charge in [0.25, 0.3) is 0 Å². The number of aryl methyl sites for hydroxylation is 1. The molecule has 0 bridgehead atoms. The number of carbonyl (C=O) groups is 2. The molecule has 0 aliphatic heterocycles. The molecule has 3 aromatic rings. The van der Waals surface area contributed by atoms with Crippen molar-refractivity contribution in [3.05, 3.63) is 107 Å². The maximum Gasteiger partial charge on any atom is 0.227 e. The molecule has 1 amide bonds. The number of ketones is 1. The number of carbonyl (C=O) groups excluding carboxylic acids is 2. The third kappa shape index (κ3) is 7.91. The molecule has 3 nitrogen and oxygen atoms in total. The molecule has 0 saturated heterocycles. The number of Topliss-reactive ketones (excluding diaryl/α,β-unsaturated/α-hetero) is 1. The van der Waals surface area contributed by atoms with Gasteiger partial charge in [-0.1, -0.05) is 113 Å². The molecule has 0 fully saturated rings. The number of rotatable bonds is 13. The lowest BCUT2D eigenvalue weighted by Crippen LogP contribution is -2.33. The van der Waals surface area contributed by atoms with E-state index in [0.29, 0.717) is 24.7 Å². The Morgan fingerprint density at radius 2 is 1.11 bits per heavy atom. The van der Waals surface area contributed by atoms with Crippen molar-refractivity contribution in [2.75, 3.05) is 6.54 Å². The Morgan fingerprint density at radius 3 is 1.61 bits per heavy atom. The van der Waals surface area contributed by atoms with Gasteiger partial charge in [0, 0.05) is 18.9 Å². The summed E-state index contributed by atoms with van der Waals surface area (Å²) in [5, 5.41) is 3.13. The Morgan fingerprint density at radius 1 is 0.639 bits per heavy atom. The van der Waals surface area contributed by atoms with Crippen LogP contribution in [0.2, 0.25) is 0 Å². The van der Waals surface area contributed by atoms with Gasteiger partial charge in [0.2, 0.25) is 5.91 Å². The predicted molar refractivity (Wildman–Crippen MR) is 149 cm³/mol. The second-order valence-electron chi connectivity index (χ2n) is 10.4. The van der Waals surface area contributed by atoms with Gasteiger partial charge in [-0.3, -0.25) is 9.59 Å². The average Bonchev–Trinajstić information content (AvgIpc) is 2.86. The van der Waals surface area contributed by atoms with E-state index >= 15 is 0 Å². The first-order valence-electron chi connectivity index (χ1n) is 13.3. The van der Waals surface area contributed by atoms with Crippen molar-refractivity contribution in [2.24, 2.45) is 11.8 Å². The van der Waals surface area contributed by atoms with E-state index in [4.69, 9.17) is 0 Å². The highest BCUT2D eigenvalue weighted by Crippen LogP contribution is 2.27. The van der Waals surface area contributed by atoms with Gasteiger partial charge in [-0.25, -0.2) is 0 Å². The van der Waals surface area contributed by atoms with E-state index in [9.17, 15) is 9.59 Å². The Bertz CT molecular complexity index is 983. The number of hydrogen-bond donors (Lipinski definition) is 1. The van der Waals surface area contributed by atoms with E-state index in [0.717, 1.165) is 30.4 Å². The number of amides is 1. The van der Waals surface area contributed by atoms with Crippen LogP contribution in [0.1, 0.15) is 74.6 Å². The highest BCUT2D eigenvalue weighted by atomic mass is 16.2. The van der Waals surface area contributed by atoms with Crippen LogP contribution in [0.3, 0.4) is 0 Å². The molecule has 2 atom stereocenters. The van der Waals surface area contributed by atoms with Gasteiger partial charge in [-0.15, -0.1) is 0 Å². The summed E-state index contributed by atoms with van der Waals surface area (Å²) >= 11 is 0. The van der Waals surface area contributed by atoms with E-state index in [-0.39, 0.29) is 23.7 Å². The first-order chi connectivity index (χ1) is 17.4. The molecule has 0 radical (unpaired) electrons. The molecule has 1 N–H and O–H groups in total. The molecule has 0 aliphatic carbocycles. The van der Waals surface area contributed by atoms with Crippen molar-refractivity contribution in [3.63, 3.8) is 0 Å². The summed E-state index contributed by atoms with van der Waals surface area (Å²) in [7, 11) is 0. The molecule has 0 heterocycles. The number of hydrogen-bond acceptors (Lipinski definition) is 2. The van der Waals surface area contributed by atoms with Crippen LogP contribution in [0.4, 0.5) is 0 Å². The summed E-state index contributed by atoms with van der Waals surface area (Å²) in [6, 6.07) is 28.7. The monoisotopic (exact) mass is 483 g/mol. The third-order valence-electron chi connectivity index (χ3n) is 6.90. The minimum Gasteiger partial charge on any atom is -0.355 e. The van der Waals surface area contributed by atoms with Crippen molar-refractivity contribution in [3.8, 4) is 0 Å². The maximum atomic E-state index is 12.9. The Kier molecular flexibility index (Phi) is 10.5. The largest absolute Gasteiger partial charge is 0.355 e. The molecular formula is C33H41NO2. The lowest BCUT2D eigenvalue weighted by atomic mass is 9.83. The zero-order chi connectivity index (χ0) is 25.9. The zero-order valence-electron chi connectivity index (χ0n) is 22.2. The Labute approximate surface area is 217 Å². The SMILES string of the molecule is CC(C)C(C(=O)CCCc1ccc(CCNC(=O)C(c2ccccc2)C(C)C)cc1)c1ccccc1. The normalized spacial score (nSPS) is 12.9. The molecule has 190 valence electrons. The molecule has 2 unspecified atom stereocenters. The summed E-state index contributed by atoms with van der Waals surface area (Å²) in [6.45, 7) is 9.06. The van der Waals surface area contributed by atoms with Crippen LogP contribution < -0.4 is 5.32 Å². The summed E-state index contributed by atoms with van der Waals surface area (Å²) in [5.41, 5.74) is 4.65. The van der Waals surface area contributed by atoms with Gasteiger partial charge in [0.05, 0.1) is 5.92 Å². The minimum absolute atomic E-state index is 0.0269. The lowest BCUT2D eigenvalue weighted by Gasteiger charge is -2.20. The number of benzene rings is 3. The smallest absolute Gasteiger partial charge is 0.227 e. The number of nitrogens with one attached hydrogen (secondary N) is 1. The standard InChI is InChI=1S/C33H41NO2/c1-24(2)31(28-13-7-5-8-14-28)30(35)17-11-12-26-18-20-27(21-19-26)22-23-34-33(36)32(25(3)4)29-15-9-6-10-16-29/h5-10,13-16,18-21,24-25,31-32H,11-12,17,22-23H2,1-4H3,(H,34,36). The molecule has 3 rings (SSSR count). The fraction of sp³-hybridized carbons (Fsp3) is 0.394. The Balaban J connectivity index is 1.44. The first-order valence-corrected chi connectivity index (χ1v) is 13.3. The third-order valence-corrected chi connectivity index (χ3v) is 6.90. The van der Waals surface area contributed by atoms with Crippen LogP contribution >= 0.6 is 0 Å². The highest BCUT2D eigenvalue weighted by molar-refractivity contribution is 5.86. The van der Waals surface area contributed by atoms with Crippen LogP contribution in [0.25, 0.3) is 0 Å². The molecule has 0 aliphatic rings. The van der Waals surface area contributed by atoms with Crippen LogP contribution in [-0.2, 0) is 22.4 Å². The van der Waals surface area contributed by atoms with Crippen LogP contribution in [0.15, 0.2) is 84.9 Å². The van der Waals surface area contributed by atoms with Gasteiger partial charge in [-0.05, 0) is 53.4 Å². The summed E-state index contributed by atoms with van der Waals surface area (Å²) in [4.78, 5) is 25.8. The average molecular weight is 484 g/mol. The fourth-order valence-electron chi connectivity index (χ4n) is 5.04. The van der Waals surface area contributed by atoms with Gasteiger partial charge in [0.15, 0.2) is 0 Å². The van der Waals surface area contributed by atoms with Gasteiger partial charge >= 0.3 is 0 Å². The maximum absolute atomic E-state index is 12.9. The molecule has 3 heteroatoms. The second kappa shape index (κ2) is 13.8. The van der Waals surface area contributed by atoms with Gasteiger partial charge < -0.3 is 5.32 Å². The first kappa shape index (κ1) is 27.4. The van der Waals surface area contributed by atoms with E-state index in [1.165, 1.54) is 11.1 Å². The van der Waals surface area contributed by atoms with Crippen molar-refractivity contribution in [2.45, 2.75) is 65.2 Å². The Hall–Kier alpha value is -3.20. The molecule has 36 heavy (non-hydrogen) atoms. The van der Waals surface area contributed by atoms with E-state index in [1.807, 2.05) is 48.5 Å². The van der Waals surface area contributed by atoms with Crippen LogP contribution in [0.5, 0.6) is 0 Å². The zero-order valence-corrected chi connectivity index (χ0v) is 22.2. The van der Waals surface area contributed by atoms with Crippen molar-refractivity contribution in [1.29, 1.82) is 0 Å². The van der Waals surface area contributed by atoms with E-state index < -0.39 is 0 Å². The van der Waals surface area contributed by atoms with Gasteiger partial charge in [-0.2, -0.15) is 0 Å². The van der Waals surface area contributed by atoms with Crippen LogP contribution in [0, 0.1) is 11.8 Å². The molecule has 0 saturated carbocycles. The summed E-state index contributed by atoms with van der Waals surface area (Å²) < 4.78 is 0. The molecule has 0 spiro atoms. The van der Waals surface area contributed by atoms with E-state index in [1.54, 1.807) is 0 Å². The van der Waals surface area contributed by atoms with Crippen molar-refractivity contribution < 1.29 is 9.59 Å². The van der Waals surface area contributed by atoms with Gasteiger partial charge in [0.1, 0.15) is 5.78 Å². The lowest BCUT2D eigenvalue weighted by molar-refractivity contribution is -0.123. The minimum atomic E-state index is -0.131.